The van der Waals surface area contributed by atoms with Gasteiger partial charge in [0.15, 0.2) is 0 Å². The number of nitrogens with zero attached hydrogens (tertiary/aromatic N) is 2. The minimum atomic E-state index is 0.571. The number of hydrogen-bond acceptors (Lipinski definition) is 4. The van der Waals surface area contributed by atoms with Gasteiger partial charge < -0.3 is 11.1 Å². The second-order valence-electron chi connectivity index (χ2n) is 4.38. The Morgan fingerprint density at radius 3 is 2.94 bits per heavy atom. The topological polar surface area (TPSA) is 54.2 Å². The Labute approximate surface area is 107 Å². The van der Waals surface area contributed by atoms with Crippen LogP contribution in [0.2, 0.25) is 5.02 Å². The SMILES string of the molecule is CCN(CCNc1ncc(Cl)cc1N)C1CC1. The fraction of sp³-hybridized carbons (Fsp3) is 0.583. The lowest BCUT2D eigenvalue weighted by atomic mass is 10.4. The zero-order valence-electron chi connectivity index (χ0n) is 10.1. The Morgan fingerprint density at radius 2 is 2.35 bits per heavy atom. The van der Waals surface area contributed by atoms with E-state index in [-0.39, 0.29) is 0 Å². The predicted molar refractivity (Wildman–Crippen MR) is 72.4 cm³/mol. The molecule has 0 bridgehead atoms. The number of halogens is 1. The molecule has 5 heteroatoms. The van der Waals surface area contributed by atoms with Gasteiger partial charge in [-0.1, -0.05) is 18.5 Å². The molecule has 0 saturated heterocycles. The Morgan fingerprint density at radius 1 is 1.59 bits per heavy atom. The largest absolute Gasteiger partial charge is 0.396 e. The van der Waals surface area contributed by atoms with E-state index in [0.717, 1.165) is 31.5 Å². The summed E-state index contributed by atoms with van der Waals surface area (Å²) in [5.74, 6) is 0.723. The molecule has 94 valence electrons. The molecular formula is C12H19ClN4. The Hall–Kier alpha value is -1.00. The minimum Gasteiger partial charge on any atom is -0.396 e. The fourth-order valence-electron chi connectivity index (χ4n) is 1.96. The van der Waals surface area contributed by atoms with E-state index in [2.05, 4.69) is 22.1 Å². The van der Waals surface area contributed by atoms with Crippen LogP contribution in [-0.2, 0) is 0 Å². The van der Waals surface area contributed by atoms with Crippen molar-refractivity contribution < 1.29 is 0 Å². The fourth-order valence-corrected chi connectivity index (χ4v) is 2.13. The van der Waals surface area contributed by atoms with Crippen LogP contribution in [0, 0.1) is 0 Å². The zero-order chi connectivity index (χ0) is 12.3. The van der Waals surface area contributed by atoms with E-state index in [4.69, 9.17) is 17.3 Å². The van der Waals surface area contributed by atoms with Crippen molar-refractivity contribution in [1.29, 1.82) is 0 Å². The van der Waals surface area contributed by atoms with Gasteiger partial charge in [0.05, 0.1) is 10.7 Å². The first-order chi connectivity index (χ1) is 8.20. The average Bonchev–Trinajstić information content (AvgIpc) is 3.11. The molecule has 2 rings (SSSR count). The molecule has 0 radical (unpaired) electrons. The molecule has 1 aliphatic carbocycles. The third-order valence-corrected chi connectivity index (χ3v) is 3.25. The van der Waals surface area contributed by atoms with Crippen LogP contribution in [0.3, 0.4) is 0 Å². The molecule has 1 saturated carbocycles. The first kappa shape index (κ1) is 12.5. The van der Waals surface area contributed by atoms with Crippen LogP contribution < -0.4 is 11.1 Å². The number of anilines is 2. The lowest BCUT2D eigenvalue weighted by Gasteiger charge is -2.20. The van der Waals surface area contributed by atoms with Crippen LogP contribution in [0.5, 0.6) is 0 Å². The molecule has 0 unspecified atom stereocenters. The van der Waals surface area contributed by atoms with Crippen molar-refractivity contribution in [2.45, 2.75) is 25.8 Å². The summed E-state index contributed by atoms with van der Waals surface area (Å²) in [5, 5.41) is 3.82. The highest BCUT2D eigenvalue weighted by molar-refractivity contribution is 6.30. The van der Waals surface area contributed by atoms with Gasteiger partial charge >= 0.3 is 0 Å². The number of pyridine rings is 1. The molecule has 1 aromatic heterocycles. The number of nitrogens with two attached hydrogens (primary N) is 1. The molecule has 17 heavy (non-hydrogen) atoms. The molecule has 0 aromatic carbocycles. The molecule has 0 amide bonds. The maximum absolute atomic E-state index is 5.82. The monoisotopic (exact) mass is 254 g/mol. The van der Waals surface area contributed by atoms with Crippen LogP contribution in [0.15, 0.2) is 12.3 Å². The van der Waals surface area contributed by atoms with Crippen molar-refractivity contribution in [2.24, 2.45) is 0 Å². The van der Waals surface area contributed by atoms with E-state index in [9.17, 15) is 0 Å². The summed E-state index contributed by atoms with van der Waals surface area (Å²) < 4.78 is 0. The van der Waals surface area contributed by atoms with Crippen molar-refractivity contribution in [3.05, 3.63) is 17.3 Å². The molecule has 1 aliphatic rings. The Balaban J connectivity index is 1.80. The molecule has 1 aromatic rings. The van der Waals surface area contributed by atoms with Gasteiger partial charge in [0.2, 0.25) is 0 Å². The summed E-state index contributed by atoms with van der Waals surface area (Å²) >= 11 is 5.80. The average molecular weight is 255 g/mol. The first-order valence-corrected chi connectivity index (χ1v) is 6.47. The van der Waals surface area contributed by atoms with Gasteiger partial charge in [-0.25, -0.2) is 4.98 Å². The summed E-state index contributed by atoms with van der Waals surface area (Å²) in [6.45, 7) is 5.21. The maximum Gasteiger partial charge on any atom is 0.149 e. The van der Waals surface area contributed by atoms with Gasteiger partial charge in [0.1, 0.15) is 5.82 Å². The van der Waals surface area contributed by atoms with Gasteiger partial charge in [-0.3, -0.25) is 4.90 Å². The lowest BCUT2D eigenvalue weighted by molar-refractivity contribution is 0.289. The van der Waals surface area contributed by atoms with Gasteiger partial charge in [-0.05, 0) is 25.5 Å². The molecule has 0 atom stereocenters. The van der Waals surface area contributed by atoms with Crippen LogP contribution in [-0.4, -0.2) is 35.6 Å². The highest BCUT2D eigenvalue weighted by atomic mass is 35.5. The zero-order valence-corrected chi connectivity index (χ0v) is 10.9. The number of likely N-dealkylation sites (N-methyl/N-ethyl adjacent to an activating group) is 1. The van der Waals surface area contributed by atoms with Crippen LogP contribution >= 0.6 is 11.6 Å². The van der Waals surface area contributed by atoms with E-state index in [1.54, 1.807) is 12.3 Å². The Kier molecular flexibility index (Phi) is 4.07. The lowest BCUT2D eigenvalue weighted by Crippen LogP contribution is -2.31. The smallest absolute Gasteiger partial charge is 0.149 e. The molecule has 1 heterocycles. The third-order valence-electron chi connectivity index (χ3n) is 3.04. The molecule has 3 N–H and O–H groups in total. The Bertz CT molecular complexity index is 379. The summed E-state index contributed by atoms with van der Waals surface area (Å²) in [6.07, 6.45) is 4.29. The molecule has 0 aliphatic heterocycles. The van der Waals surface area contributed by atoms with Crippen LogP contribution in [0.25, 0.3) is 0 Å². The van der Waals surface area contributed by atoms with Gasteiger partial charge in [0.25, 0.3) is 0 Å². The van der Waals surface area contributed by atoms with Crippen LogP contribution in [0.4, 0.5) is 11.5 Å². The number of hydrogen-bond donors (Lipinski definition) is 2. The second kappa shape index (κ2) is 5.56. The summed E-state index contributed by atoms with van der Waals surface area (Å²) in [4.78, 5) is 6.66. The van der Waals surface area contributed by atoms with Crippen molar-refractivity contribution in [1.82, 2.24) is 9.88 Å². The minimum absolute atomic E-state index is 0.571. The third kappa shape index (κ3) is 3.48. The summed E-state index contributed by atoms with van der Waals surface area (Å²) in [6, 6.07) is 2.52. The highest BCUT2D eigenvalue weighted by Crippen LogP contribution is 2.26. The number of nitrogens with one attached hydrogen (secondary N) is 1. The van der Waals surface area contributed by atoms with Gasteiger partial charge in [-0.15, -0.1) is 0 Å². The van der Waals surface area contributed by atoms with Gasteiger partial charge in [0, 0.05) is 25.3 Å². The van der Waals surface area contributed by atoms with Crippen molar-refractivity contribution in [2.75, 3.05) is 30.7 Å². The van der Waals surface area contributed by atoms with Gasteiger partial charge in [-0.2, -0.15) is 0 Å². The molecule has 0 spiro atoms. The van der Waals surface area contributed by atoms with E-state index in [0.29, 0.717) is 10.7 Å². The quantitative estimate of drug-likeness (QED) is 0.817. The van der Waals surface area contributed by atoms with Crippen molar-refractivity contribution >= 4 is 23.1 Å². The molecular weight excluding hydrogens is 236 g/mol. The normalized spacial score (nSPS) is 15.2. The highest BCUT2D eigenvalue weighted by Gasteiger charge is 2.27. The molecule has 1 fully saturated rings. The summed E-state index contributed by atoms with van der Waals surface area (Å²) in [5.41, 5.74) is 6.42. The van der Waals surface area contributed by atoms with E-state index in [1.165, 1.54) is 12.8 Å². The molecule has 4 nitrogen and oxygen atoms in total. The standard InChI is InChI=1S/C12H19ClN4/c1-2-17(10-3-4-10)6-5-15-12-11(14)7-9(13)8-16-12/h7-8,10H,2-6,14H2,1H3,(H,15,16). The van der Waals surface area contributed by atoms with E-state index in [1.807, 2.05) is 0 Å². The predicted octanol–water partition coefficient (Wildman–Crippen LogP) is 2.21. The van der Waals surface area contributed by atoms with Crippen molar-refractivity contribution in [3.63, 3.8) is 0 Å². The summed E-state index contributed by atoms with van der Waals surface area (Å²) in [7, 11) is 0. The number of nitrogen functional groups attached to an aromatic ring is 1. The number of rotatable bonds is 6. The van der Waals surface area contributed by atoms with Crippen molar-refractivity contribution in [3.8, 4) is 0 Å². The van der Waals surface area contributed by atoms with E-state index >= 15 is 0 Å². The van der Waals surface area contributed by atoms with Crippen LogP contribution in [0.1, 0.15) is 19.8 Å². The number of aromatic nitrogens is 1. The maximum atomic E-state index is 5.82. The van der Waals surface area contributed by atoms with E-state index < -0.39 is 0 Å². The first-order valence-electron chi connectivity index (χ1n) is 6.09. The second-order valence-corrected chi connectivity index (χ2v) is 4.81.